The van der Waals surface area contributed by atoms with E-state index in [1.54, 1.807) is 27.9 Å². The van der Waals surface area contributed by atoms with Gasteiger partial charge in [-0.15, -0.1) is 0 Å². The molecule has 0 spiro atoms. The largest absolute Gasteiger partial charge is 0.496 e. The molecule has 1 aliphatic carbocycles. The maximum atomic E-state index is 14.3. The number of benzene rings is 2. The lowest BCUT2D eigenvalue weighted by Gasteiger charge is -2.39. The number of Topliss-reactive ketones (excluding diaryl/α,β-unsaturated/α-hetero) is 1. The molecule has 0 aromatic heterocycles. The quantitative estimate of drug-likeness (QED) is 0.364. The van der Waals surface area contributed by atoms with Gasteiger partial charge in [-0.05, 0) is 56.5 Å². The van der Waals surface area contributed by atoms with Crippen molar-refractivity contribution in [3.05, 3.63) is 86.7 Å². The average molecular weight is 568 g/mol. The van der Waals surface area contributed by atoms with Crippen LogP contribution in [0.15, 0.2) is 75.5 Å². The molecule has 0 amide bonds. The highest BCUT2D eigenvalue weighted by Gasteiger charge is 2.49. The van der Waals surface area contributed by atoms with E-state index >= 15 is 0 Å². The third-order valence-corrected chi connectivity index (χ3v) is 7.27. The van der Waals surface area contributed by atoms with Crippen LogP contribution in [-0.2, 0) is 23.9 Å². The number of ketones is 1. The minimum atomic E-state index is -1.09. The molecular weight excluding hydrogens is 538 g/mol. The molecule has 194 valence electrons. The summed E-state index contributed by atoms with van der Waals surface area (Å²) in [4.78, 5) is 40.8. The second-order valence-electron chi connectivity index (χ2n) is 8.91. The SMILES string of the molecule is CCOC(=O)C1=C(C)NC2=C(C(=O)[C@H](C(=O)OCC)[C@@H](c3ccccc3OC)C2)[C@H]1c1cccc(Br)c1. The van der Waals surface area contributed by atoms with Gasteiger partial charge in [0.15, 0.2) is 5.78 Å². The second kappa shape index (κ2) is 11.3. The number of carbonyl (C=O) groups excluding carboxylic acids is 3. The molecule has 1 N–H and O–H groups in total. The molecule has 0 bridgehead atoms. The maximum Gasteiger partial charge on any atom is 0.336 e. The van der Waals surface area contributed by atoms with Crippen LogP contribution in [0.4, 0.5) is 0 Å². The van der Waals surface area contributed by atoms with Crippen molar-refractivity contribution in [2.24, 2.45) is 5.92 Å². The topological polar surface area (TPSA) is 90.9 Å². The highest BCUT2D eigenvalue weighted by molar-refractivity contribution is 9.10. The number of nitrogens with one attached hydrogen (secondary N) is 1. The second-order valence-corrected chi connectivity index (χ2v) is 9.83. The fourth-order valence-corrected chi connectivity index (χ4v) is 5.72. The minimum absolute atomic E-state index is 0.146. The molecule has 4 rings (SSSR count). The van der Waals surface area contributed by atoms with E-state index in [2.05, 4.69) is 21.2 Å². The first-order chi connectivity index (χ1) is 17.8. The summed E-state index contributed by atoms with van der Waals surface area (Å²) in [7, 11) is 1.56. The van der Waals surface area contributed by atoms with Gasteiger partial charge in [0.05, 0.1) is 25.9 Å². The van der Waals surface area contributed by atoms with Crippen molar-refractivity contribution in [3.8, 4) is 5.75 Å². The Labute approximate surface area is 225 Å². The number of ether oxygens (including phenoxy) is 3. The van der Waals surface area contributed by atoms with E-state index < -0.39 is 29.7 Å². The zero-order chi connectivity index (χ0) is 26.7. The molecule has 37 heavy (non-hydrogen) atoms. The van der Waals surface area contributed by atoms with E-state index in [0.717, 1.165) is 15.6 Å². The summed E-state index contributed by atoms with van der Waals surface area (Å²) in [6.07, 6.45) is 0.364. The van der Waals surface area contributed by atoms with E-state index in [1.165, 1.54) is 0 Å². The van der Waals surface area contributed by atoms with Gasteiger partial charge in [-0.25, -0.2) is 4.79 Å². The molecule has 3 atom stereocenters. The summed E-state index contributed by atoms with van der Waals surface area (Å²) in [5, 5.41) is 3.31. The number of halogens is 1. The Bertz CT molecular complexity index is 1300. The lowest BCUT2D eigenvalue weighted by atomic mass is 9.67. The highest BCUT2D eigenvalue weighted by atomic mass is 79.9. The molecule has 0 saturated carbocycles. The van der Waals surface area contributed by atoms with Crippen LogP contribution in [-0.4, -0.2) is 38.0 Å². The molecule has 0 radical (unpaired) electrons. The van der Waals surface area contributed by atoms with Gasteiger partial charge in [0.2, 0.25) is 0 Å². The van der Waals surface area contributed by atoms with Crippen LogP contribution in [0, 0.1) is 5.92 Å². The Morgan fingerprint density at radius 1 is 1.05 bits per heavy atom. The van der Waals surface area contributed by atoms with Crippen LogP contribution in [0.2, 0.25) is 0 Å². The molecule has 0 unspecified atom stereocenters. The Morgan fingerprint density at radius 2 is 1.78 bits per heavy atom. The Morgan fingerprint density at radius 3 is 2.46 bits per heavy atom. The van der Waals surface area contributed by atoms with Gasteiger partial charge in [-0.2, -0.15) is 0 Å². The minimum Gasteiger partial charge on any atom is -0.496 e. The van der Waals surface area contributed by atoms with Crippen molar-refractivity contribution >= 4 is 33.7 Å². The van der Waals surface area contributed by atoms with E-state index in [0.29, 0.717) is 34.7 Å². The number of dihydropyridines is 1. The number of methoxy groups -OCH3 is 1. The van der Waals surface area contributed by atoms with Gasteiger partial charge in [0.25, 0.3) is 0 Å². The van der Waals surface area contributed by atoms with Gasteiger partial charge in [-0.1, -0.05) is 46.3 Å². The van der Waals surface area contributed by atoms with Crippen LogP contribution in [0.3, 0.4) is 0 Å². The number of rotatable bonds is 7. The molecule has 1 heterocycles. The zero-order valence-electron chi connectivity index (χ0n) is 21.3. The standard InChI is InChI=1S/C29H30BrNO6/c1-5-36-28(33)23-16(3)31-21-15-20(19-12-7-8-13-22(19)35-4)25(29(34)37-6-2)27(32)26(21)24(23)17-10-9-11-18(30)14-17/h7-14,20,24-25,31H,5-6,15H2,1-4H3/t20-,24+,25-/m1/s1. The smallest absolute Gasteiger partial charge is 0.336 e. The number of carbonyl (C=O) groups is 3. The van der Waals surface area contributed by atoms with Crippen molar-refractivity contribution in [2.45, 2.75) is 39.0 Å². The molecule has 2 aliphatic rings. The summed E-state index contributed by atoms with van der Waals surface area (Å²) < 4.78 is 17.2. The fourth-order valence-electron chi connectivity index (χ4n) is 5.30. The lowest BCUT2D eigenvalue weighted by molar-refractivity contribution is -0.152. The molecule has 2 aromatic rings. The average Bonchev–Trinajstić information content (AvgIpc) is 2.87. The van der Waals surface area contributed by atoms with Crippen molar-refractivity contribution in [3.63, 3.8) is 0 Å². The molecule has 0 fully saturated rings. The maximum absolute atomic E-state index is 14.3. The Kier molecular flexibility index (Phi) is 8.17. The van der Waals surface area contributed by atoms with E-state index in [9.17, 15) is 14.4 Å². The van der Waals surface area contributed by atoms with E-state index in [-0.39, 0.29) is 19.0 Å². The summed E-state index contributed by atoms with van der Waals surface area (Å²) in [5.74, 6) is -3.17. The first-order valence-electron chi connectivity index (χ1n) is 12.3. The number of allylic oxidation sites excluding steroid dienone is 3. The van der Waals surface area contributed by atoms with Crippen LogP contribution < -0.4 is 10.1 Å². The molecular formula is C29H30BrNO6. The number of hydrogen-bond donors (Lipinski definition) is 1. The molecule has 0 saturated heterocycles. The normalized spacial score (nSPS) is 21.2. The van der Waals surface area contributed by atoms with Crippen LogP contribution in [0.25, 0.3) is 0 Å². The van der Waals surface area contributed by atoms with Crippen LogP contribution in [0.1, 0.15) is 50.2 Å². The van der Waals surface area contributed by atoms with Crippen molar-refractivity contribution in [2.75, 3.05) is 20.3 Å². The summed E-state index contributed by atoms with van der Waals surface area (Å²) >= 11 is 3.51. The summed E-state index contributed by atoms with van der Waals surface area (Å²) in [6.45, 7) is 5.60. The van der Waals surface area contributed by atoms with Gasteiger partial charge in [0, 0.05) is 33.3 Å². The zero-order valence-corrected chi connectivity index (χ0v) is 22.9. The predicted molar refractivity (Wildman–Crippen MR) is 142 cm³/mol. The van der Waals surface area contributed by atoms with Crippen molar-refractivity contribution < 1.29 is 28.6 Å². The first-order valence-corrected chi connectivity index (χ1v) is 13.1. The van der Waals surface area contributed by atoms with Gasteiger partial charge in [0.1, 0.15) is 11.7 Å². The van der Waals surface area contributed by atoms with E-state index in [1.807, 2.05) is 48.5 Å². The van der Waals surface area contributed by atoms with Crippen molar-refractivity contribution in [1.29, 1.82) is 0 Å². The van der Waals surface area contributed by atoms with Crippen LogP contribution in [0.5, 0.6) is 5.75 Å². The first kappa shape index (κ1) is 26.7. The Balaban J connectivity index is 1.92. The number of para-hydroxylation sites is 1. The fraction of sp³-hybridized carbons (Fsp3) is 0.345. The molecule has 1 aliphatic heterocycles. The third-order valence-electron chi connectivity index (χ3n) is 6.78. The highest BCUT2D eigenvalue weighted by Crippen LogP contribution is 2.49. The van der Waals surface area contributed by atoms with Crippen LogP contribution >= 0.6 is 15.9 Å². The van der Waals surface area contributed by atoms with Gasteiger partial charge >= 0.3 is 11.9 Å². The molecule has 8 heteroatoms. The number of hydrogen-bond acceptors (Lipinski definition) is 7. The Hall–Kier alpha value is -3.39. The van der Waals surface area contributed by atoms with Gasteiger partial charge < -0.3 is 19.5 Å². The summed E-state index contributed by atoms with van der Waals surface area (Å²) in [5.41, 5.74) is 3.53. The van der Waals surface area contributed by atoms with Gasteiger partial charge in [-0.3, -0.25) is 9.59 Å². The molecule has 7 nitrogen and oxygen atoms in total. The lowest BCUT2D eigenvalue weighted by Crippen LogP contribution is -2.43. The monoisotopic (exact) mass is 567 g/mol. The molecule has 2 aromatic carbocycles. The van der Waals surface area contributed by atoms with E-state index in [4.69, 9.17) is 14.2 Å². The van der Waals surface area contributed by atoms with Crippen molar-refractivity contribution in [1.82, 2.24) is 5.32 Å². The number of esters is 2. The predicted octanol–water partition coefficient (Wildman–Crippen LogP) is 5.17. The summed E-state index contributed by atoms with van der Waals surface area (Å²) in [6, 6.07) is 14.9. The third kappa shape index (κ3) is 5.07.